The van der Waals surface area contributed by atoms with Crippen molar-refractivity contribution in [2.24, 2.45) is 0 Å². The fourth-order valence-corrected chi connectivity index (χ4v) is 6.23. The fraction of sp³-hybridized carbons (Fsp3) is 0.424. The Hall–Kier alpha value is -2.85. The van der Waals surface area contributed by atoms with E-state index in [-0.39, 0.29) is 69.1 Å². The van der Waals surface area contributed by atoms with Crippen LogP contribution in [0.15, 0.2) is 69.0 Å². The molecule has 2 aromatic carbocycles. The molecule has 0 atom stereocenters. The predicted octanol–water partition coefficient (Wildman–Crippen LogP) is 3.97. The summed E-state index contributed by atoms with van der Waals surface area (Å²) in [6.07, 6.45) is 5.42. The van der Waals surface area contributed by atoms with Crippen LogP contribution in [0.25, 0.3) is 28.3 Å². The van der Waals surface area contributed by atoms with Crippen LogP contribution in [0.1, 0.15) is 61.9 Å². The van der Waals surface area contributed by atoms with Gasteiger partial charge in [-0.1, -0.05) is 67.0 Å². The molecule has 3 aromatic heterocycles. The van der Waals surface area contributed by atoms with Gasteiger partial charge in [-0.05, 0) is 48.8 Å². The summed E-state index contributed by atoms with van der Waals surface area (Å²) < 4.78 is 40.0. The Morgan fingerprint density at radius 1 is 1.04 bits per heavy atom. The van der Waals surface area contributed by atoms with Crippen LogP contribution in [0.3, 0.4) is 0 Å². The van der Waals surface area contributed by atoms with E-state index in [1.807, 2.05) is 48.5 Å². The van der Waals surface area contributed by atoms with Crippen molar-refractivity contribution >= 4 is 57.2 Å². The monoisotopic (exact) mass is 674 g/mol. The first-order valence-corrected chi connectivity index (χ1v) is 15.5. The molecule has 0 spiro atoms. The number of hydrogen-bond acceptors (Lipinski definition) is 8. The molecule has 1 fully saturated rings. The molecule has 244 valence electrons. The van der Waals surface area contributed by atoms with Crippen molar-refractivity contribution in [3.05, 3.63) is 92.6 Å². The van der Waals surface area contributed by atoms with Gasteiger partial charge in [0.2, 0.25) is 5.78 Å². The van der Waals surface area contributed by atoms with Gasteiger partial charge in [0, 0.05) is 23.6 Å². The molecule has 0 radical (unpaired) electrons. The summed E-state index contributed by atoms with van der Waals surface area (Å²) >= 11 is 0. The minimum absolute atomic E-state index is 0. The molecule has 6 rings (SSSR count). The zero-order chi connectivity index (χ0) is 32.3. The summed E-state index contributed by atoms with van der Waals surface area (Å²) in [5.74, 6) is 0.209. The molecule has 14 heteroatoms. The third-order valence-electron chi connectivity index (χ3n) is 8.68. The molecule has 0 aliphatic heterocycles. The van der Waals surface area contributed by atoms with E-state index in [4.69, 9.17) is 9.26 Å². The maximum absolute atomic E-state index is 14.3. The van der Waals surface area contributed by atoms with E-state index in [1.54, 1.807) is 9.08 Å². The van der Waals surface area contributed by atoms with E-state index in [0.717, 1.165) is 34.4 Å². The van der Waals surface area contributed by atoms with Gasteiger partial charge in [-0.2, -0.15) is 10.1 Å². The van der Waals surface area contributed by atoms with Crippen LogP contribution < -0.4 is 11.3 Å². The number of H-pyrrole nitrogens is 1. The zero-order valence-corrected chi connectivity index (χ0v) is 25.5. The van der Waals surface area contributed by atoms with Crippen LogP contribution in [0, 0.1) is 0 Å². The first-order valence-electron chi connectivity index (χ1n) is 15.5. The summed E-state index contributed by atoms with van der Waals surface area (Å²) in [5, 5.41) is 18.3. The average Bonchev–Trinajstić information content (AvgIpc) is 3.75. The Bertz CT molecular complexity index is 1910. The topological polar surface area (TPSA) is 141 Å². The molecular weight excluding hydrogens is 637 g/mol. The number of ether oxygens (including phenoxy) is 1. The normalized spacial score (nSPS) is 16.8. The van der Waals surface area contributed by atoms with E-state index in [0.29, 0.717) is 55.7 Å². The number of halogens is 2. The van der Waals surface area contributed by atoms with Crippen molar-refractivity contribution in [3.8, 4) is 22.5 Å². The number of nitrogens with one attached hydrogen (secondary N) is 1. The Morgan fingerprint density at radius 2 is 1.74 bits per heavy atom. The molecule has 47 heavy (non-hydrogen) atoms. The molecule has 2 N–H and O–H groups in total. The summed E-state index contributed by atoms with van der Waals surface area (Å²) in [7, 11) is 0. The maximum atomic E-state index is 14.3. The Kier molecular flexibility index (Phi) is 11.7. The number of fused-ring (bicyclic) bond motifs is 1. The van der Waals surface area contributed by atoms with Gasteiger partial charge in [0.05, 0.1) is 18.4 Å². The second kappa shape index (κ2) is 15.6. The Balaban J connectivity index is 0.00000433. The van der Waals surface area contributed by atoms with E-state index < -0.39 is 31.3 Å². The minimum atomic E-state index is -2.12. The number of benzene rings is 2. The van der Waals surface area contributed by atoms with Gasteiger partial charge in [-0.25, -0.2) is 18.1 Å². The van der Waals surface area contributed by atoms with E-state index in [9.17, 15) is 23.5 Å². The van der Waals surface area contributed by atoms with Gasteiger partial charge in [0.1, 0.15) is 25.3 Å². The number of aryl methyl sites for hydroxylation is 1. The van der Waals surface area contributed by atoms with E-state index >= 15 is 0 Å². The molecule has 0 bridgehead atoms. The third-order valence-corrected chi connectivity index (χ3v) is 8.68. The van der Waals surface area contributed by atoms with Crippen molar-refractivity contribution in [3.63, 3.8) is 0 Å². The molecule has 11 nitrogen and oxygen atoms in total. The van der Waals surface area contributed by atoms with Crippen molar-refractivity contribution < 1.29 is 23.1 Å². The van der Waals surface area contributed by atoms with Gasteiger partial charge in [0.25, 0.3) is 5.56 Å². The number of rotatable bonds is 12. The predicted molar refractivity (Wildman–Crippen MR) is 173 cm³/mol. The van der Waals surface area contributed by atoms with E-state index in [1.165, 1.54) is 6.33 Å². The molecule has 0 saturated heterocycles. The fourth-order valence-electron chi connectivity index (χ4n) is 6.23. The third kappa shape index (κ3) is 7.58. The molecular formula is C33H37F2KN6O5. The summed E-state index contributed by atoms with van der Waals surface area (Å²) in [4.78, 5) is 32.9. The van der Waals surface area contributed by atoms with Crippen LogP contribution in [0.4, 0.5) is 8.78 Å². The van der Waals surface area contributed by atoms with Crippen LogP contribution in [-0.2, 0) is 17.6 Å². The summed E-state index contributed by atoms with van der Waals surface area (Å²) in [6, 6.07) is 15.3. The Labute approximate surface area is 311 Å². The molecule has 1 aliphatic carbocycles. The molecule has 0 amide bonds. The molecule has 3 heterocycles. The summed E-state index contributed by atoms with van der Waals surface area (Å²) in [6.45, 7) is -0.788. The quantitative estimate of drug-likeness (QED) is 0.190. The SMILES string of the molecule is CCCc1c(Cc2ccc(-c3ccccc3-c3noc(=O)[nH]3)cc2)c(=O)n([C@H]2CC[C@H](OCC(O)(CF)CF)CC2)c2ncnn12.[KH]. The number of aromatic nitrogens is 6. The number of nitrogens with zero attached hydrogens (tertiary/aromatic N) is 5. The second-order valence-corrected chi connectivity index (χ2v) is 11.9. The van der Waals surface area contributed by atoms with Gasteiger partial charge in [-0.15, -0.1) is 0 Å². The van der Waals surface area contributed by atoms with Gasteiger partial charge in [0.15, 0.2) is 5.82 Å². The van der Waals surface area contributed by atoms with E-state index in [2.05, 4.69) is 27.1 Å². The number of aliphatic hydroxyl groups is 1. The first-order chi connectivity index (χ1) is 22.3. The van der Waals surface area contributed by atoms with Crippen molar-refractivity contribution in [2.45, 2.75) is 69.6 Å². The van der Waals surface area contributed by atoms with Crippen LogP contribution in [0.5, 0.6) is 0 Å². The standard InChI is InChI=1S/C33H36F2N6O5.K.H/c1-2-5-28-27(16-21-8-10-22(11-9-21)25-6-3-4-7-26(25)29-38-32(43)46-39-29)30(42)40(31-36-20-37-41(28)31)23-12-14-24(15-13-23)45-19-33(44,17-34)18-35;;/h3-4,6-11,20,23-24,44H,2,5,12-19H2,1H3,(H,38,39,43);;/t23-,24-;;. The number of aromatic amines is 1. The number of alkyl halides is 2. The van der Waals surface area contributed by atoms with Crippen LogP contribution >= 0.6 is 0 Å². The first kappa shape index (κ1) is 35.5. The van der Waals surface area contributed by atoms with Crippen molar-refractivity contribution in [2.75, 3.05) is 20.0 Å². The zero-order valence-electron chi connectivity index (χ0n) is 25.5. The average molecular weight is 675 g/mol. The molecule has 1 aliphatic rings. The second-order valence-electron chi connectivity index (χ2n) is 11.9. The van der Waals surface area contributed by atoms with Crippen LogP contribution in [-0.4, -0.2) is 117 Å². The molecule has 1 saturated carbocycles. The van der Waals surface area contributed by atoms with Gasteiger partial charge in [-0.3, -0.25) is 18.9 Å². The molecule has 5 aromatic rings. The van der Waals surface area contributed by atoms with Crippen LogP contribution in [0.2, 0.25) is 0 Å². The van der Waals surface area contributed by atoms with Gasteiger partial charge >= 0.3 is 57.1 Å². The Morgan fingerprint density at radius 3 is 2.38 bits per heavy atom. The summed E-state index contributed by atoms with van der Waals surface area (Å²) in [5.41, 5.74) is 2.71. The van der Waals surface area contributed by atoms with Crippen molar-refractivity contribution in [1.82, 2.24) is 29.3 Å². The molecule has 0 unspecified atom stereocenters. The van der Waals surface area contributed by atoms with Gasteiger partial charge < -0.3 is 9.84 Å². The van der Waals surface area contributed by atoms with Crippen molar-refractivity contribution in [1.29, 1.82) is 0 Å². The number of hydrogen-bond donors (Lipinski definition) is 2.